The van der Waals surface area contributed by atoms with E-state index in [2.05, 4.69) is 10.4 Å². The van der Waals surface area contributed by atoms with Crippen molar-refractivity contribution < 1.29 is 19.4 Å². The fraction of sp³-hybridized carbons (Fsp3) is 0.688. The number of aliphatic carboxylic acids is 1. The van der Waals surface area contributed by atoms with Gasteiger partial charge in [-0.05, 0) is 33.6 Å². The van der Waals surface area contributed by atoms with Crippen molar-refractivity contribution in [3.05, 3.63) is 17.0 Å². The van der Waals surface area contributed by atoms with E-state index in [0.29, 0.717) is 26.1 Å². The Morgan fingerprint density at radius 3 is 2.48 bits per heavy atom. The van der Waals surface area contributed by atoms with Gasteiger partial charge in [-0.1, -0.05) is 0 Å². The van der Waals surface area contributed by atoms with Gasteiger partial charge in [0.1, 0.15) is 0 Å². The van der Waals surface area contributed by atoms with Gasteiger partial charge in [-0.25, -0.2) is 0 Å². The highest BCUT2D eigenvalue weighted by molar-refractivity contribution is 5.84. The van der Waals surface area contributed by atoms with Crippen molar-refractivity contribution in [2.75, 3.05) is 19.8 Å². The number of aryl methyl sites for hydroxylation is 2. The molecule has 7 heteroatoms. The smallest absolute Gasteiger partial charge is 0.311 e. The monoisotopic (exact) mass is 323 g/mol. The topological polar surface area (TPSA) is 93.5 Å². The summed E-state index contributed by atoms with van der Waals surface area (Å²) in [6.45, 7) is 6.59. The molecular weight excluding hydrogens is 298 g/mol. The highest BCUT2D eigenvalue weighted by atomic mass is 16.5. The molecule has 1 atom stereocenters. The number of aromatic nitrogens is 2. The van der Waals surface area contributed by atoms with Crippen molar-refractivity contribution in [1.29, 1.82) is 0 Å². The van der Waals surface area contributed by atoms with Crippen LogP contribution in [-0.2, 0) is 21.4 Å². The van der Waals surface area contributed by atoms with E-state index in [-0.39, 0.29) is 18.4 Å². The van der Waals surface area contributed by atoms with Gasteiger partial charge in [-0.2, -0.15) is 5.10 Å². The zero-order chi connectivity index (χ0) is 17.2. The van der Waals surface area contributed by atoms with Crippen LogP contribution >= 0.6 is 0 Å². The SMILES string of the molecule is Cc1nn(C)c(C)c1C(C)C(=O)NCC1(C(=O)O)CCOCC1. The molecule has 128 valence electrons. The second-order valence-electron chi connectivity index (χ2n) is 6.35. The maximum atomic E-state index is 12.5. The predicted octanol–water partition coefficient (Wildman–Crippen LogP) is 1.14. The molecule has 2 N–H and O–H groups in total. The quantitative estimate of drug-likeness (QED) is 0.847. The Labute approximate surface area is 136 Å². The first-order chi connectivity index (χ1) is 10.8. The van der Waals surface area contributed by atoms with Crippen molar-refractivity contribution >= 4 is 11.9 Å². The number of carboxylic acids is 1. The van der Waals surface area contributed by atoms with Gasteiger partial charge >= 0.3 is 5.97 Å². The minimum absolute atomic E-state index is 0.132. The van der Waals surface area contributed by atoms with Crippen molar-refractivity contribution in [2.45, 2.75) is 39.5 Å². The molecule has 1 unspecified atom stereocenters. The molecular formula is C16H25N3O4. The predicted molar refractivity (Wildman–Crippen MR) is 84.2 cm³/mol. The number of carboxylic acid groups (broad SMARTS) is 1. The third-order valence-electron chi connectivity index (χ3n) is 4.90. The van der Waals surface area contributed by atoms with Crippen molar-refractivity contribution in [3.8, 4) is 0 Å². The zero-order valence-corrected chi connectivity index (χ0v) is 14.2. The van der Waals surface area contributed by atoms with Gasteiger partial charge in [0.15, 0.2) is 0 Å². The average molecular weight is 323 g/mol. The number of ether oxygens (including phenoxy) is 1. The molecule has 1 aliphatic rings. The van der Waals surface area contributed by atoms with Crippen LogP contribution in [-0.4, -0.2) is 46.5 Å². The van der Waals surface area contributed by atoms with Gasteiger partial charge in [0.2, 0.25) is 5.91 Å². The molecule has 0 aromatic carbocycles. The van der Waals surface area contributed by atoms with E-state index < -0.39 is 11.4 Å². The summed E-state index contributed by atoms with van der Waals surface area (Å²) < 4.78 is 7.00. The largest absolute Gasteiger partial charge is 0.481 e. The molecule has 7 nitrogen and oxygen atoms in total. The number of carbonyl (C=O) groups is 2. The third-order valence-corrected chi connectivity index (χ3v) is 4.90. The molecule has 0 bridgehead atoms. The molecule has 2 rings (SSSR count). The lowest BCUT2D eigenvalue weighted by Gasteiger charge is -2.33. The molecule has 2 heterocycles. The molecule has 1 aromatic rings. The van der Waals surface area contributed by atoms with Crippen LogP contribution in [0.25, 0.3) is 0 Å². The molecule has 0 radical (unpaired) electrons. The number of nitrogens with zero attached hydrogens (tertiary/aromatic N) is 2. The Morgan fingerprint density at radius 2 is 2.00 bits per heavy atom. The lowest BCUT2D eigenvalue weighted by atomic mass is 9.80. The van der Waals surface area contributed by atoms with Crippen LogP contribution in [0.3, 0.4) is 0 Å². The summed E-state index contributed by atoms with van der Waals surface area (Å²) >= 11 is 0. The Bertz CT molecular complexity index is 603. The maximum absolute atomic E-state index is 12.5. The van der Waals surface area contributed by atoms with Crippen LogP contribution in [0.5, 0.6) is 0 Å². The summed E-state index contributed by atoms with van der Waals surface area (Å²) in [5.74, 6) is -1.41. The Balaban J connectivity index is 2.07. The molecule has 0 aliphatic carbocycles. The van der Waals surface area contributed by atoms with Gasteiger partial charge in [0, 0.05) is 38.1 Å². The minimum atomic E-state index is -0.924. The number of rotatable bonds is 5. The molecule has 1 fully saturated rings. The molecule has 1 amide bonds. The fourth-order valence-corrected chi connectivity index (χ4v) is 3.19. The Morgan fingerprint density at radius 1 is 1.39 bits per heavy atom. The van der Waals surface area contributed by atoms with Gasteiger partial charge in [-0.15, -0.1) is 0 Å². The second kappa shape index (κ2) is 6.70. The number of carbonyl (C=O) groups excluding carboxylic acids is 1. The van der Waals surface area contributed by atoms with E-state index in [4.69, 9.17) is 4.74 Å². The number of nitrogens with one attached hydrogen (secondary N) is 1. The molecule has 23 heavy (non-hydrogen) atoms. The van der Waals surface area contributed by atoms with Crippen molar-refractivity contribution in [2.24, 2.45) is 12.5 Å². The normalized spacial score (nSPS) is 18.4. The second-order valence-corrected chi connectivity index (χ2v) is 6.35. The summed E-state index contributed by atoms with van der Waals surface area (Å²) in [5, 5.41) is 16.7. The molecule has 0 saturated carbocycles. The summed E-state index contributed by atoms with van der Waals surface area (Å²) in [7, 11) is 1.85. The first-order valence-corrected chi connectivity index (χ1v) is 7.87. The van der Waals surface area contributed by atoms with Crippen molar-refractivity contribution in [1.82, 2.24) is 15.1 Å². The van der Waals surface area contributed by atoms with E-state index in [9.17, 15) is 14.7 Å². The van der Waals surface area contributed by atoms with Gasteiger partial charge in [0.25, 0.3) is 0 Å². The van der Waals surface area contributed by atoms with E-state index in [1.165, 1.54) is 0 Å². The van der Waals surface area contributed by atoms with E-state index in [0.717, 1.165) is 17.0 Å². The van der Waals surface area contributed by atoms with Crippen LogP contribution in [0.15, 0.2) is 0 Å². The lowest BCUT2D eigenvalue weighted by molar-refractivity contribution is -0.154. The molecule has 1 aliphatic heterocycles. The summed E-state index contributed by atoms with van der Waals surface area (Å²) in [6.07, 6.45) is 0.837. The summed E-state index contributed by atoms with van der Waals surface area (Å²) in [5.41, 5.74) is 1.75. The minimum Gasteiger partial charge on any atom is -0.481 e. The highest BCUT2D eigenvalue weighted by Gasteiger charge is 2.40. The first kappa shape index (κ1) is 17.5. The van der Waals surface area contributed by atoms with Gasteiger partial charge in [0.05, 0.1) is 17.0 Å². The maximum Gasteiger partial charge on any atom is 0.311 e. The molecule has 1 saturated heterocycles. The first-order valence-electron chi connectivity index (χ1n) is 7.87. The van der Waals surface area contributed by atoms with Crippen LogP contribution in [0, 0.1) is 19.3 Å². The van der Waals surface area contributed by atoms with E-state index in [1.54, 1.807) is 4.68 Å². The lowest BCUT2D eigenvalue weighted by Crippen LogP contribution is -2.47. The molecule has 1 aromatic heterocycles. The third kappa shape index (κ3) is 3.39. The van der Waals surface area contributed by atoms with Crippen LogP contribution in [0.4, 0.5) is 0 Å². The number of hydrogen-bond donors (Lipinski definition) is 2. The van der Waals surface area contributed by atoms with Crippen LogP contribution in [0.1, 0.15) is 42.6 Å². The zero-order valence-electron chi connectivity index (χ0n) is 14.2. The standard InChI is InChI=1S/C16H25N3O4/c1-10(13-11(2)18-19(4)12(13)3)14(20)17-9-16(15(21)22)5-7-23-8-6-16/h10H,5-9H2,1-4H3,(H,17,20)(H,21,22). The van der Waals surface area contributed by atoms with Crippen molar-refractivity contribution in [3.63, 3.8) is 0 Å². The number of amides is 1. The summed E-state index contributed by atoms with van der Waals surface area (Å²) in [4.78, 5) is 24.1. The molecule has 0 spiro atoms. The average Bonchev–Trinajstić information content (AvgIpc) is 2.77. The van der Waals surface area contributed by atoms with Crippen LogP contribution < -0.4 is 5.32 Å². The van der Waals surface area contributed by atoms with Gasteiger partial charge < -0.3 is 15.2 Å². The fourth-order valence-electron chi connectivity index (χ4n) is 3.19. The Hall–Kier alpha value is -1.89. The number of hydrogen-bond acceptors (Lipinski definition) is 4. The summed E-state index contributed by atoms with van der Waals surface area (Å²) in [6, 6.07) is 0. The van der Waals surface area contributed by atoms with Crippen LogP contribution in [0.2, 0.25) is 0 Å². The highest BCUT2D eigenvalue weighted by Crippen LogP contribution is 2.30. The Kier molecular flexibility index (Phi) is 5.09. The van der Waals surface area contributed by atoms with E-state index in [1.807, 2.05) is 27.8 Å². The van der Waals surface area contributed by atoms with Gasteiger partial charge in [-0.3, -0.25) is 14.3 Å². The van der Waals surface area contributed by atoms with E-state index >= 15 is 0 Å².